The predicted molar refractivity (Wildman–Crippen MR) is 50.8 cm³/mol. The van der Waals surface area contributed by atoms with Gasteiger partial charge in [-0.05, 0) is 19.4 Å². The number of alkyl halides is 3. The molecule has 0 aromatic heterocycles. The summed E-state index contributed by atoms with van der Waals surface area (Å²) in [5.74, 6) is 0.109. The highest BCUT2D eigenvalue weighted by Crippen LogP contribution is 2.21. The van der Waals surface area contributed by atoms with Crippen molar-refractivity contribution in [1.29, 1.82) is 0 Å². The maximum Gasteiger partial charge on any atom is 0.389 e. The Morgan fingerprint density at radius 1 is 1.27 bits per heavy atom. The van der Waals surface area contributed by atoms with E-state index in [0.29, 0.717) is 25.9 Å². The molecule has 0 heterocycles. The van der Waals surface area contributed by atoms with Crippen molar-refractivity contribution in [1.82, 2.24) is 5.32 Å². The lowest BCUT2D eigenvalue weighted by Crippen LogP contribution is -2.23. The van der Waals surface area contributed by atoms with Crippen molar-refractivity contribution in [2.75, 3.05) is 13.1 Å². The van der Waals surface area contributed by atoms with Crippen LogP contribution in [0.2, 0.25) is 0 Å². The molecule has 7 heteroatoms. The number of hydrogen-bond donors (Lipinski definition) is 3. The maximum atomic E-state index is 11.7. The van der Waals surface area contributed by atoms with Gasteiger partial charge in [0.15, 0.2) is 0 Å². The minimum Gasteiger partial charge on any atom is -0.409 e. The summed E-state index contributed by atoms with van der Waals surface area (Å²) in [5.41, 5.74) is 5.18. The monoisotopic (exact) mass is 227 g/mol. The van der Waals surface area contributed by atoms with Gasteiger partial charge in [-0.2, -0.15) is 13.2 Å². The van der Waals surface area contributed by atoms with Gasteiger partial charge in [0.1, 0.15) is 5.84 Å². The van der Waals surface area contributed by atoms with Gasteiger partial charge < -0.3 is 16.3 Å². The van der Waals surface area contributed by atoms with Gasteiger partial charge in [-0.15, -0.1) is 0 Å². The van der Waals surface area contributed by atoms with Crippen LogP contribution in [-0.2, 0) is 0 Å². The molecule has 0 aromatic carbocycles. The molecule has 0 rings (SSSR count). The van der Waals surface area contributed by atoms with Gasteiger partial charge in [0, 0.05) is 19.4 Å². The molecule has 0 aliphatic carbocycles. The lowest BCUT2D eigenvalue weighted by atomic mass is 10.2. The molecule has 0 atom stereocenters. The normalized spacial score (nSPS) is 13.1. The number of unbranched alkanes of at least 4 members (excludes halogenated alkanes) is 1. The molecule has 0 spiro atoms. The molecule has 0 aromatic rings. The van der Waals surface area contributed by atoms with Crippen LogP contribution in [0.25, 0.3) is 0 Å². The van der Waals surface area contributed by atoms with Crippen molar-refractivity contribution < 1.29 is 18.4 Å². The van der Waals surface area contributed by atoms with E-state index >= 15 is 0 Å². The van der Waals surface area contributed by atoms with Crippen molar-refractivity contribution in [3.05, 3.63) is 0 Å². The van der Waals surface area contributed by atoms with Crippen molar-refractivity contribution in [3.8, 4) is 0 Å². The zero-order valence-corrected chi connectivity index (χ0v) is 8.35. The molecule has 4 nitrogen and oxygen atoms in total. The molecule has 0 saturated heterocycles. The van der Waals surface area contributed by atoms with Crippen LogP contribution >= 0.6 is 0 Å². The Hall–Kier alpha value is -0.980. The van der Waals surface area contributed by atoms with Crippen LogP contribution in [0.1, 0.15) is 25.7 Å². The van der Waals surface area contributed by atoms with Crippen LogP contribution < -0.4 is 11.1 Å². The van der Waals surface area contributed by atoms with Gasteiger partial charge >= 0.3 is 6.18 Å². The number of oxime groups is 1. The Morgan fingerprint density at radius 2 is 1.93 bits per heavy atom. The molecule has 0 fully saturated rings. The van der Waals surface area contributed by atoms with Crippen LogP contribution in [0.15, 0.2) is 5.16 Å². The van der Waals surface area contributed by atoms with E-state index in [2.05, 4.69) is 10.5 Å². The minimum atomic E-state index is -4.06. The average molecular weight is 227 g/mol. The molecule has 90 valence electrons. The van der Waals surface area contributed by atoms with Gasteiger partial charge in [0.2, 0.25) is 0 Å². The zero-order chi connectivity index (χ0) is 11.7. The first-order valence-corrected chi connectivity index (χ1v) is 4.69. The summed E-state index contributed by atoms with van der Waals surface area (Å²) >= 11 is 0. The maximum absolute atomic E-state index is 11.7. The molecular weight excluding hydrogens is 211 g/mol. The average Bonchev–Trinajstić information content (AvgIpc) is 2.14. The first-order chi connectivity index (χ1) is 6.95. The van der Waals surface area contributed by atoms with Gasteiger partial charge in [0.05, 0.1) is 0 Å². The highest BCUT2D eigenvalue weighted by Gasteiger charge is 2.25. The van der Waals surface area contributed by atoms with Crippen molar-refractivity contribution >= 4 is 5.84 Å². The SMILES string of the molecule is NC(CCNCCCCC(F)(F)F)=NO. The molecule has 0 unspecified atom stereocenters. The van der Waals surface area contributed by atoms with Gasteiger partial charge in [0.25, 0.3) is 0 Å². The van der Waals surface area contributed by atoms with Crippen LogP contribution in [0, 0.1) is 0 Å². The van der Waals surface area contributed by atoms with Crippen LogP contribution in [0.4, 0.5) is 13.2 Å². The van der Waals surface area contributed by atoms with Crippen LogP contribution in [0.5, 0.6) is 0 Å². The summed E-state index contributed by atoms with van der Waals surface area (Å²) in [7, 11) is 0. The lowest BCUT2D eigenvalue weighted by Gasteiger charge is -2.06. The van der Waals surface area contributed by atoms with Gasteiger partial charge in [-0.3, -0.25) is 0 Å². The second kappa shape index (κ2) is 7.33. The fourth-order valence-corrected chi connectivity index (χ4v) is 0.967. The standard InChI is InChI=1S/C8H16F3N3O/c9-8(10,11)4-1-2-5-13-6-3-7(12)14-15/h13,15H,1-6H2,(H2,12,14). The number of rotatable bonds is 7. The third-order valence-corrected chi connectivity index (χ3v) is 1.75. The van der Waals surface area contributed by atoms with E-state index in [9.17, 15) is 13.2 Å². The fraction of sp³-hybridized carbons (Fsp3) is 0.875. The Morgan fingerprint density at radius 3 is 2.47 bits per heavy atom. The Kier molecular flexibility index (Phi) is 6.85. The number of halogens is 3. The van der Waals surface area contributed by atoms with E-state index in [4.69, 9.17) is 10.9 Å². The number of amidine groups is 1. The van der Waals surface area contributed by atoms with Crippen molar-refractivity contribution in [2.24, 2.45) is 10.9 Å². The van der Waals surface area contributed by atoms with E-state index in [0.717, 1.165) is 0 Å². The predicted octanol–water partition coefficient (Wildman–Crippen LogP) is 1.45. The summed E-state index contributed by atoms with van der Waals surface area (Å²) in [6, 6.07) is 0. The second-order valence-corrected chi connectivity index (χ2v) is 3.16. The highest BCUT2D eigenvalue weighted by molar-refractivity contribution is 5.79. The molecule has 0 radical (unpaired) electrons. The summed E-state index contributed by atoms with van der Waals surface area (Å²) in [6.07, 6.45) is -3.82. The van der Waals surface area contributed by atoms with Crippen LogP contribution in [0.3, 0.4) is 0 Å². The van der Waals surface area contributed by atoms with E-state index in [1.165, 1.54) is 0 Å². The van der Waals surface area contributed by atoms with E-state index in [-0.39, 0.29) is 12.3 Å². The summed E-state index contributed by atoms with van der Waals surface area (Å²) < 4.78 is 35.1. The molecule has 0 amide bonds. The molecule has 0 aliphatic rings. The van der Waals surface area contributed by atoms with Gasteiger partial charge in [-0.1, -0.05) is 5.16 Å². The second-order valence-electron chi connectivity index (χ2n) is 3.16. The van der Waals surface area contributed by atoms with E-state index in [1.807, 2.05) is 0 Å². The summed E-state index contributed by atoms with van der Waals surface area (Å²) in [4.78, 5) is 0. The molecular formula is C8H16F3N3O. The van der Waals surface area contributed by atoms with Crippen LogP contribution in [-0.4, -0.2) is 30.3 Å². The first-order valence-electron chi connectivity index (χ1n) is 4.69. The smallest absolute Gasteiger partial charge is 0.389 e. The topological polar surface area (TPSA) is 70.6 Å². The number of hydrogen-bond acceptors (Lipinski definition) is 3. The molecule has 4 N–H and O–H groups in total. The molecule has 15 heavy (non-hydrogen) atoms. The van der Waals surface area contributed by atoms with E-state index < -0.39 is 12.6 Å². The third-order valence-electron chi connectivity index (χ3n) is 1.75. The summed E-state index contributed by atoms with van der Waals surface area (Å²) in [5, 5.41) is 13.8. The number of nitrogens with zero attached hydrogens (tertiary/aromatic N) is 1. The van der Waals surface area contributed by atoms with Crippen molar-refractivity contribution in [3.63, 3.8) is 0 Å². The summed E-state index contributed by atoms with van der Waals surface area (Å²) in [6.45, 7) is 1.01. The van der Waals surface area contributed by atoms with Gasteiger partial charge in [-0.25, -0.2) is 0 Å². The fourth-order valence-electron chi connectivity index (χ4n) is 0.967. The van der Waals surface area contributed by atoms with Crippen molar-refractivity contribution in [2.45, 2.75) is 31.9 Å². The quantitative estimate of drug-likeness (QED) is 0.203. The highest BCUT2D eigenvalue weighted by atomic mass is 19.4. The molecule has 0 saturated carbocycles. The first kappa shape index (κ1) is 14.0. The largest absolute Gasteiger partial charge is 0.409 e. The Labute approximate surface area is 86.3 Å². The number of nitrogens with two attached hydrogens (primary N) is 1. The Balaban J connectivity index is 3.19. The zero-order valence-electron chi connectivity index (χ0n) is 8.35. The number of nitrogens with one attached hydrogen (secondary N) is 1. The minimum absolute atomic E-state index is 0.109. The molecule has 0 bridgehead atoms. The third kappa shape index (κ3) is 10.9. The Bertz CT molecular complexity index is 194. The lowest BCUT2D eigenvalue weighted by molar-refractivity contribution is -0.135. The molecule has 0 aliphatic heterocycles. The van der Waals surface area contributed by atoms with E-state index in [1.54, 1.807) is 0 Å².